The Morgan fingerprint density at radius 1 is 0.435 bits per heavy atom. The average molecular weight is 638 g/mol. The van der Waals surface area contributed by atoms with Crippen LogP contribution in [0.5, 0.6) is 0 Å². The first-order valence-electron chi connectivity index (χ1n) is 15.8. The third kappa shape index (κ3) is 3.27. The lowest BCUT2D eigenvalue weighted by Gasteiger charge is -2.51. The van der Waals surface area contributed by atoms with Crippen LogP contribution in [-0.4, -0.2) is 12.6 Å². The predicted molar refractivity (Wildman–Crippen MR) is 203 cm³/mol. The standard InChI is InChI=1S/C42H28NPSSi/c45-44-37-19-6-9-22-40(37)46(41-23-10-7-20-38(41)44,42-24-11-8-21-39(42)44)32-16-12-15-31(28-32)43-35-18-5-4-17-33(35)34-27-30(25-26-36(34)43)29-13-2-1-3-14-29/h1-28H. The Labute approximate surface area is 274 Å². The van der Waals surface area contributed by atoms with Gasteiger partial charge in [-0.25, -0.2) is 0 Å². The molecule has 216 valence electrons. The minimum atomic E-state index is -2.66. The molecule has 1 aromatic heterocycles. The maximum Gasteiger partial charge on any atom is 0.181 e. The molecule has 4 heterocycles. The van der Waals surface area contributed by atoms with Crippen molar-refractivity contribution in [2.75, 3.05) is 0 Å². The summed E-state index contributed by atoms with van der Waals surface area (Å²) in [7, 11) is -2.66. The fourth-order valence-corrected chi connectivity index (χ4v) is 21.5. The summed E-state index contributed by atoms with van der Waals surface area (Å²) in [5.74, 6) is 0. The molecule has 0 saturated heterocycles. The minimum absolute atomic E-state index is 1.20. The minimum Gasteiger partial charge on any atom is -0.309 e. The fraction of sp³-hybridized carbons (Fsp3) is 0. The molecule has 0 radical (unpaired) electrons. The van der Waals surface area contributed by atoms with E-state index in [-0.39, 0.29) is 0 Å². The molecule has 8 aromatic rings. The van der Waals surface area contributed by atoms with E-state index in [1.165, 1.54) is 75.3 Å². The molecule has 0 amide bonds. The summed E-state index contributed by atoms with van der Waals surface area (Å²) >= 11 is 6.83. The normalized spacial score (nSPS) is 19.1. The number of fused-ring (bicyclic) bond motifs is 3. The zero-order chi connectivity index (χ0) is 30.5. The van der Waals surface area contributed by atoms with Crippen molar-refractivity contribution in [1.29, 1.82) is 0 Å². The third-order valence-electron chi connectivity index (χ3n) is 10.3. The molecule has 4 heteroatoms. The number of benzene rings is 7. The van der Waals surface area contributed by atoms with Gasteiger partial charge >= 0.3 is 0 Å². The quantitative estimate of drug-likeness (QED) is 0.165. The van der Waals surface area contributed by atoms with E-state index in [1.54, 1.807) is 0 Å². The second kappa shape index (κ2) is 9.61. The van der Waals surface area contributed by atoms with E-state index in [0.29, 0.717) is 0 Å². The van der Waals surface area contributed by atoms with Gasteiger partial charge in [0.1, 0.15) is 0 Å². The molecule has 0 fully saturated rings. The van der Waals surface area contributed by atoms with Crippen LogP contribution in [0.1, 0.15) is 0 Å². The van der Waals surface area contributed by atoms with Crippen LogP contribution in [0, 0.1) is 0 Å². The van der Waals surface area contributed by atoms with E-state index >= 15 is 0 Å². The van der Waals surface area contributed by atoms with Gasteiger partial charge < -0.3 is 4.57 Å². The number of nitrogens with zero attached hydrogens (tertiary/aromatic N) is 1. The zero-order valence-corrected chi connectivity index (χ0v) is 27.7. The number of hydrogen-bond donors (Lipinski definition) is 0. The van der Waals surface area contributed by atoms with Gasteiger partial charge in [0.15, 0.2) is 8.07 Å². The molecular formula is C42H28NPSSi. The van der Waals surface area contributed by atoms with Gasteiger partial charge in [0.25, 0.3) is 0 Å². The van der Waals surface area contributed by atoms with Crippen molar-refractivity contribution in [3.8, 4) is 16.8 Å². The van der Waals surface area contributed by atoms with E-state index in [4.69, 9.17) is 11.8 Å². The summed E-state index contributed by atoms with van der Waals surface area (Å²) in [6.07, 6.45) is 0. The lowest BCUT2D eigenvalue weighted by molar-refractivity contribution is 1.18. The van der Waals surface area contributed by atoms with E-state index in [1.807, 2.05) is 0 Å². The van der Waals surface area contributed by atoms with Crippen LogP contribution in [-0.2, 0) is 11.8 Å². The van der Waals surface area contributed by atoms with Crippen LogP contribution in [0.15, 0.2) is 170 Å². The monoisotopic (exact) mass is 637 g/mol. The van der Waals surface area contributed by atoms with E-state index in [0.717, 1.165) is 0 Å². The summed E-state index contributed by atoms with van der Waals surface area (Å²) in [6.45, 7) is 0. The van der Waals surface area contributed by atoms with Gasteiger partial charge in [-0.15, -0.1) is 0 Å². The Kier molecular flexibility index (Phi) is 5.52. The van der Waals surface area contributed by atoms with Crippen LogP contribution in [0.25, 0.3) is 38.6 Å². The maximum absolute atomic E-state index is 6.83. The van der Waals surface area contributed by atoms with E-state index < -0.39 is 14.1 Å². The van der Waals surface area contributed by atoms with Crippen LogP contribution in [0.4, 0.5) is 0 Å². The first kappa shape index (κ1) is 26.4. The Morgan fingerprint density at radius 2 is 1.00 bits per heavy atom. The summed E-state index contributed by atoms with van der Waals surface area (Å²) in [4.78, 5) is 0. The second-order valence-electron chi connectivity index (χ2n) is 12.4. The Morgan fingerprint density at radius 3 is 1.67 bits per heavy atom. The summed E-state index contributed by atoms with van der Waals surface area (Å²) in [5, 5.41) is 12.6. The second-order valence-corrected chi connectivity index (χ2v) is 20.4. The van der Waals surface area contributed by atoms with Gasteiger partial charge in [0.2, 0.25) is 0 Å². The highest BCUT2D eigenvalue weighted by Gasteiger charge is 2.57. The van der Waals surface area contributed by atoms with Gasteiger partial charge in [0.05, 0.1) is 11.0 Å². The number of hydrogen-bond acceptors (Lipinski definition) is 1. The molecule has 1 nitrogen and oxygen atoms in total. The fourth-order valence-electron chi connectivity index (χ4n) is 8.43. The summed E-state index contributed by atoms with van der Waals surface area (Å²) in [6, 6.07) is 61.2. The van der Waals surface area contributed by atoms with Crippen LogP contribution < -0.4 is 36.7 Å². The zero-order valence-electron chi connectivity index (χ0n) is 25.0. The SMILES string of the molecule is S=P12c3ccccc3[Si](c3cccc(-n4c5ccccc5c5cc(-c6ccccc6)ccc54)c3)(c3ccccc31)c1ccccc12. The molecule has 46 heavy (non-hydrogen) atoms. The van der Waals surface area contributed by atoms with Gasteiger partial charge in [-0.1, -0.05) is 151 Å². The molecule has 0 aliphatic carbocycles. The highest BCUT2D eigenvalue weighted by molar-refractivity contribution is 8.26. The molecule has 0 saturated carbocycles. The van der Waals surface area contributed by atoms with Crippen molar-refractivity contribution in [2.24, 2.45) is 0 Å². The van der Waals surface area contributed by atoms with Crippen molar-refractivity contribution in [3.63, 3.8) is 0 Å². The molecule has 11 rings (SSSR count). The first-order chi connectivity index (χ1) is 22.7. The number of para-hydroxylation sites is 1. The molecule has 3 aliphatic rings. The topological polar surface area (TPSA) is 4.93 Å². The molecule has 2 bridgehead atoms. The molecule has 0 N–H and O–H groups in total. The molecular weight excluding hydrogens is 610 g/mol. The van der Waals surface area contributed by atoms with Crippen molar-refractivity contribution in [2.45, 2.75) is 0 Å². The van der Waals surface area contributed by atoms with Crippen LogP contribution in [0.2, 0.25) is 0 Å². The molecule has 0 unspecified atom stereocenters. The Hall–Kier alpha value is -4.79. The van der Waals surface area contributed by atoms with Crippen LogP contribution >= 0.6 is 6.04 Å². The summed E-state index contributed by atoms with van der Waals surface area (Å²) < 4.78 is 2.47. The van der Waals surface area contributed by atoms with Gasteiger partial charge in [-0.05, 0) is 78.1 Å². The first-order valence-corrected chi connectivity index (χ1v) is 20.6. The van der Waals surface area contributed by atoms with Gasteiger partial charge in [0, 0.05) is 22.5 Å². The highest BCUT2D eigenvalue weighted by Crippen LogP contribution is 2.47. The number of aromatic nitrogens is 1. The van der Waals surface area contributed by atoms with Gasteiger partial charge in [-0.2, -0.15) is 0 Å². The molecule has 0 atom stereocenters. The number of rotatable bonds is 3. The van der Waals surface area contributed by atoms with Crippen molar-refractivity contribution in [3.05, 3.63) is 170 Å². The molecule has 3 aliphatic heterocycles. The van der Waals surface area contributed by atoms with Crippen molar-refractivity contribution in [1.82, 2.24) is 4.57 Å². The lowest BCUT2D eigenvalue weighted by Crippen LogP contribution is -2.87. The Bertz CT molecular complexity index is 2460. The Balaban J connectivity index is 1.28. The summed E-state index contributed by atoms with van der Waals surface area (Å²) in [5.41, 5.74) is 6.12. The highest BCUT2D eigenvalue weighted by atomic mass is 32.4. The van der Waals surface area contributed by atoms with E-state index in [2.05, 4.69) is 174 Å². The smallest absolute Gasteiger partial charge is 0.181 e. The van der Waals surface area contributed by atoms with E-state index in [9.17, 15) is 0 Å². The maximum atomic E-state index is 6.83. The lowest BCUT2D eigenvalue weighted by atomic mass is 10.0. The van der Waals surface area contributed by atoms with Gasteiger partial charge in [-0.3, -0.25) is 0 Å². The molecule has 7 aromatic carbocycles. The molecule has 0 spiro atoms. The van der Waals surface area contributed by atoms with Crippen molar-refractivity contribution >= 4 is 84.4 Å². The van der Waals surface area contributed by atoms with Crippen LogP contribution in [0.3, 0.4) is 0 Å². The average Bonchev–Trinajstić information content (AvgIpc) is 3.46. The largest absolute Gasteiger partial charge is 0.309 e. The van der Waals surface area contributed by atoms with Crippen molar-refractivity contribution < 1.29 is 0 Å². The third-order valence-corrected chi connectivity index (χ3v) is 20.8. The predicted octanol–water partition coefficient (Wildman–Crippen LogP) is 6.21.